The average molecular weight is 537 g/mol. The van der Waals surface area contributed by atoms with Gasteiger partial charge in [0.25, 0.3) is 5.91 Å². The lowest BCUT2D eigenvalue weighted by Crippen LogP contribution is -2.49. The van der Waals surface area contributed by atoms with E-state index in [2.05, 4.69) is 20.3 Å². The summed E-state index contributed by atoms with van der Waals surface area (Å²) in [6.45, 7) is 3.02. The topological polar surface area (TPSA) is 117 Å². The molecule has 0 N–H and O–H groups in total. The van der Waals surface area contributed by atoms with E-state index in [4.69, 9.17) is 0 Å². The van der Waals surface area contributed by atoms with E-state index in [9.17, 15) is 17.6 Å². The zero-order valence-corrected chi connectivity index (χ0v) is 21.3. The fourth-order valence-corrected chi connectivity index (χ4v) is 6.42. The van der Waals surface area contributed by atoms with Crippen molar-refractivity contribution in [1.82, 2.24) is 34.2 Å². The summed E-state index contributed by atoms with van der Waals surface area (Å²) in [4.78, 5) is 25.8. The Morgan fingerprint density at radius 3 is 2.34 bits per heavy atom. The number of anilines is 1. The van der Waals surface area contributed by atoms with Crippen LogP contribution in [-0.4, -0.2) is 87.8 Å². The molecule has 0 saturated carbocycles. The second kappa shape index (κ2) is 9.72. The molecule has 2 aromatic heterocycles. The quantitative estimate of drug-likeness (QED) is 0.381. The maximum Gasteiger partial charge on any atom is 0.253 e. The van der Waals surface area contributed by atoms with Gasteiger partial charge < -0.3 is 9.80 Å². The molecule has 6 rings (SSSR count). The molecule has 2 aromatic carbocycles. The lowest BCUT2D eigenvalue weighted by Gasteiger charge is -2.35. The summed E-state index contributed by atoms with van der Waals surface area (Å²) < 4.78 is 42.2. The Bertz CT molecular complexity index is 1590. The van der Waals surface area contributed by atoms with Crippen LogP contribution in [0.1, 0.15) is 23.2 Å². The zero-order chi connectivity index (χ0) is 26.3. The first kappa shape index (κ1) is 24.4. The standard InChI is InChI=1S/C25H25FN8O3S/c26-19-4-3-5-20(16-19)34-24-22(29-30-34)23(27-17-28-24)31-12-14-32(15-13-31)25(35)18-6-8-21(9-7-18)38(36,37)33-10-1-2-11-33/h3-9,16-17H,1-2,10-15H2. The number of carbonyl (C=O) groups excluding carboxylic acids is 1. The van der Waals surface area contributed by atoms with Gasteiger partial charge in [-0.25, -0.2) is 22.8 Å². The van der Waals surface area contributed by atoms with Gasteiger partial charge in [-0.1, -0.05) is 11.3 Å². The zero-order valence-electron chi connectivity index (χ0n) is 20.4. The van der Waals surface area contributed by atoms with Crippen molar-refractivity contribution in [2.24, 2.45) is 0 Å². The molecule has 13 heteroatoms. The third-order valence-electron chi connectivity index (χ3n) is 6.94. The Hall–Kier alpha value is -3.97. The summed E-state index contributed by atoms with van der Waals surface area (Å²) in [6, 6.07) is 12.2. The summed E-state index contributed by atoms with van der Waals surface area (Å²) in [5.41, 5.74) is 1.91. The molecule has 38 heavy (non-hydrogen) atoms. The fourth-order valence-electron chi connectivity index (χ4n) is 4.90. The maximum atomic E-state index is 13.7. The molecule has 196 valence electrons. The minimum absolute atomic E-state index is 0.153. The van der Waals surface area contributed by atoms with Crippen molar-refractivity contribution in [2.45, 2.75) is 17.7 Å². The van der Waals surface area contributed by atoms with Crippen molar-refractivity contribution in [3.63, 3.8) is 0 Å². The molecule has 0 unspecified atom stereocenters. The second-order valence-electron chi connectivity index (χ2n) is 9.27. The predicted molar refractivity (Wildman–Crippen MR) is 137 cm³/mol. The molecule has 2 saturated heterocycles. The Morgan fingerprint density at radius 2 is 1.63 bits per heavy atom. The Balaban J connectivity index is 1.15. The monoisotopic (exact) mass is 536 g/mol. The van der Waals surface area contributed by atoms with Crippen molar-refractivity contribution in [3.05, 3.63) is 66.2 Å². The van der Waals surface area contributed by atoms with E-state index < -0.39 is 10.0 Å². The van der Waals surface area contributed by atoms with E-state index in [1.54, 1.807) is 29.2 Å². The Kier molecular flexibility index (Phi) is 6.24. The number of sulfonamides is 1. The van der Waals surface area contributed by atoms with Crippen LogP contribution in [0.5, 0.6) is 0 Å². The fraction of sp³-hybridized carbons (Fsp3) is 0.320. The van der Waals surface area contributed by atoms with E-state index in [1.807, 2.05) is 4.90 Å². The van der Waals surface area contributed by atoms with Crippen LogP contribution in [0.4, 0.5) is 10.2 Å². The van der Waals surface area contributed by atoms with Crippen molar-refractivity contribution >= 4 is 32.9 Å². The Morgan fingerprint density at radius 1 is 0.895 bits per heavy atom. The minimum Gasteiger partial charge on any atom is -0.351 e. The van der Waals surface area contributed by atoms with Gasteiger partial charge in [-0.2, -0.15) is 8.99 Å². The molecule has 2 fully saturated rings. The number of hydrogen-bond donors (Lipinski definition) is 0. The molecular formula is C25H25FN8O3S. The molecule has 0 spiro atoms. The molecule has 0 aliphatic carbocycles. The van der Waals surface area contributed by atoms with E-state index in [1.165, 1.54) is 39.6 Å². The number of piperazine rings is 1. The van der Waals surface area contributed by atoms with Gasteiger partial charge in [-0.15, -0.1) is 5.10 Å². The number of fused-ring (bicyclic) bond motifs is 1. The summed E-state index contributed by atoms with van der Waals surface area (Å²) in [5.74, 6) is 0.0601. The smallest absolute Gasteiger partial charge is 0.253 e. The number of nitrogens with zero attached hydrogens (tertiary/aromatic N) is 8. The molecule has 0 bridgehead atoms. The second-order valence-corrected chi connectivity index (χ2v) is 11.2. The summed E-state index contributed by atoms with van der Waals surface area (Å²) in [6.07, 6.45) is 3.16. The number of carbonyl (C=O) groups is 1. The number of aromatic nitrogens is 5. The van der Waals surface area contributed by atoms with Crippen LogP contribution in [0, 0.1) is 5.82 Å². The van der Waals surface area contributed by atoms with Crippen LogP contribution in [0.3, 0.4) is 0 Å². The predicted octanol–water partition coefficient (Wildman–Crippen LogP) is 2.10. The summed E-state index contributed by atoms with van der Waals surface area (Å²) in [7, 11) is -3.52. The number of halogens is 1. The van der Waals surface area contributed by atoms with E-state index in [0.29, 0.717) is 67.5 Å². The van der Waals surface area contributed by atoms with Gasteiger partial charge >= 0.3 is 0 Å². The number of amides is 1. The molecule has 11 nitrogen and oxygen atoms in total. The van der Waals surface area contributed by atoms with E-state index in [-0.39, 0.29) is 16.6 Å². The van der Waals surface area contributed by atoms with E-state index >= 15 is 0 Å². The van der Waals surface area contributed by atoms with Gasteiger partial charge in [-0.3, -0.25) is 4.79 Å². The molecule has 4 aromatic rings. The lowest BCUT2D eigenvalue weighted by atomic mass is 10.2. The van der Waals surface area contributed by atoms with Gasteiger partial charge in [0.2, 0.25) is 10.0 Å². The molecule has 0 atom stereocenters. The van der Waals surface area contributed by atoms with Gasteiger partial charge in [0, 0.05) is 44.8 Å². The van der Waals surface area contributed by atoms with Crippen molar-refractivity contribution in [1.29, 1.82) is 0 Å². The van der Waals surface area contributed by atoms with Crippen molar-refractivity contribution in [3.8, 4) is 5.69 Å². The largest absolute Gasteiger partial charge is 0.351 e. The highest BCUT2D eigenvalue weighted by molar-refractivity contribution is 7.89. The molecule has 2 aliphatic rings. The summed E-state index contributed by atoms with van der Waals surface area (Å²) >= 11 is 0. The molecule has 4 heterocycles. The van der Waals surface area contributed by atoms with Gasteiger partial charge in [0.15, 0.2) is 17.0 Å². The third-order valence-corrected chi connectivity index (χ3v) is 8.85. The number of rotatable bonds is 5. The first-order valence-corrected chi connectivity index (χ1v) is 13.8. The highest BCUT2D eigenvalue weighted by Gasteiger charge is 2.29. The molecule has 2 aliphatic heterocycles. The van der Waals surface area contributed by atoms with Crippen LogP contribution in [0.25, 0.3) is 16.9 Å². The van der Waals surface area contributed by atoms with Gasteiger partial charge in [0.1, 0.15) is 12.1 Å². The van der Waals surface area contributed by atoms with Crippen molar-refractivity contribution in [2.75, 3.05) is 44.2 Å². The number of benzene rings is 2. The highest BCUT2D eigenvalue weighted by Crippen LogP contribution is 2.25. The first-order chi connectivity index (χ1) is 18.4. The lowest BCUT2D eigenvalue weighted by molar-refractivity contribution is 0.0746. The molecular weight excluding hydrogens is 511 g/mol. The Labute approximate surface area is 218 Å². The molecule has 0 radical (unpaired) electrons. The van der Waals surface area contributed by atoms with Crippen LogP contribution >= 0.6 is 0 Å². The average Bonchev–Trinajstić information content (AvgIpc) is 3.64. The van der Waals surface area contributed by atoms with Crippen molar-refractivity contribution < 1.29 is 17.6 Å². The van der Waals surface area contributed by atoms with Crippen LogP contribution in [-0.2, 0) is 10.0 Å². The van der Waals surface area contributed by atoms with Gasteiger partial charge in [0.05, 0.1) is 10.6 Å². The molecule has 1 amide bonds. The van der Waals surface area contributed by atoms with Crippen LogP contribution in [0.2, 0.25) is 0 Å². The number of hydrogen-bond acceptors (Lipinski definition) is 8. The van der Waals surface area contributed by atoms with Crippen LogP contribution < -0.4 is 4.90 Å². The maximum absolute atomic E-state index is 13.7. The minimum atomic E-state index is -3.52. The van der Waals surface area contributed by atoms with E-state index in [0.717, 1.165) is 12.8 Å². The summed E-state index contributed by atoms with van der Waals surface area (Å²) in [5, 5.41) is 8.40. The first-order valence-electron chi connectivity index (χ1n) is 12.4. The highest BCUT2D eigenvalue weighted by atomic mass is 32.2. The SMILES string of the molecule is O=C(c1ccc(S(=O)(=O)N2CCCC2)cc1)N1CCN(c2ncnc3c2nnn3-c2cccc(F)c2)CC1. The normalized spacial score (nSPS) is 16.9. The van der Waals surface area contributed by atoms with Gasteiger partial charge in [-0.05, 0) is 55.3 Å². The third kappa shape index (κ3) is 4.37. The van der Waals surface area contributed by atoms with Crippen LogP contribution in [0.15, 0.2) is 59.8 Å².